The van der Waals surface area contributed by atoms with E-state index < -0.39 is 17.6 Å². The first kappa shape index (κ1) is 27.3. The number of aliphatic hydroxyl groups excluding tert-OH is 1. The third-order valence-corrected chi connectivity index (χ3v) is 6.70. The van der Waals surface area contributed by atoms with Crippen molar-refractivity contribution in [3.05, 3.63) is 109 Å². The van der Waals surface area contributed by atoms with E-state index in [2.05, 4.69) is 15.0 Å². The van der Waals surface area contributed by atoms with E-state index in [1.54, 1.807) is 60.7 Å². The molecule has 0 saturated carbocycles. The SMILES string of the molecule is [N-]=[N+]=NCc1ccccc1C[C@@]1(C(=O)O)N=C(c2ccc(OCCCO)cc2)O[C@@H]1c1ccc(Cl)cc1Cl. The third-order valence-electron chi connectivity index (χ3n) is 6.13. The van der Waals surface area contributed by atoms with Gasteiger partial charge in [0.15, 0.2) is 6.10 Å². The van der Waals surface area contributed by atoms with Crippen LogP contribution in [0.25, 0.3) is 10.4 Å². The van der Waals surface area contributed by atoms with Gasteiger partial charge in [-0.1, -0.05) is 58.6 Å². The predicted octanol–water partition coefficient (Wildman–Crippen LogP) is 6.15. The lowest BCUT2D eigenvalue weighted by atomic mass is 9.81. The fraction of sp³-hybridized carbons (Fsp3) is 0.259. The predicted molar refractivity (Wildman–Crippen MR) is 144 cm³/mol. The molecule has 11 heteroatoms. The van der Waals surface area contributed by atoms with E-state index in [1.807, 2.05) is 0 Å². The van der Waals surface area contributed by atoms with Crippen LogP contribution < -0.4 is 4.74 Å². The lowest BCUT2D eigenvalue weighted by Crippen LogP contribution is -2.43. The molecular weight excluding hydrogens is 531 g/mol. The molecule has 0 bridgehead atoms. The number of carbonyl (C=O) groups is 1. The van der Waals surface area contributed by atoms with Crippen molar-refractivity contribution in [1.82, 2.24) is 0 Å². The molecule has 3 aromatic rings. The summed E-state index contributed by atoms with van der Waals surface area (Å²) in [6.07, 6.45) is -0.619. The molecule has 2 N–H and O–H groups in total. The summed E-state index contributed by atoms with van der Waals surface area (Å²) in [5.41, 5.74) is 9.33. The van der Waals surface area contributed by atoms with Crippen LogP contribution in [0.1, 0.15) is 34.8 Å². The zero-order valence-corrected chi connectivity index (χ0v) is 21.6. The van der Waals surface area contributed by atoms with E-state index in [4.69, 9.17) is 43.3 Å². The summed E-state index contributed by atoms with van der Waals surface area (Å²) in [5.74, 6) is -0.474. The number of nitrogens with zero attached hydrogens (tertiary/aromatic N) is 4. The Labute approximate surface area is 228 Å². The Kier molecular flexibility index (Phi) is 8.76. The number of rotatable bonds is 11. The van der Waals surface area contributed by atoms with Crippen LogP contribution in [0.5, 0.6) is 5.75 Å². The Morgan fingerprint density at radius 3 is 2.53 bits per heavy atom. The fourth-order valence-corrected chi connectivity index (χ4v) is 4.75. The van der Waals surface area contributed by atoms with Crippen molar-refractivity contribution in [2.75, 3.05) is 13.2 Å². The molecule has 0 aromatic heterocycles. The second kappa shape index (κ2) is 12.2. The summed E-state index contributed by atoms with van der Waals surface area (Å²) < 4.78 is 11.8. The molecule has 0 fully saturated rings. The van der Waals surface area contributed by atoms with Gasteiger partial charge in [-0.15, -0.1) is 0 Å². The Hall–Kier alpha value is -3.75. The van der Waals surface area contributed by atoms with Crippen LogP contribution in [-0.2, 0) is 22.5 Å². The van der Waals surface area contributed by atoms with E-state index in [0.29, 0.717) is 46.1 Å². The first-order valence-corrected chi connectivity index (χ1v) is 12.5. The van der Waals surface area contributed by atoms with E-state index in [1.165, 1.54) is 6.07 Å². The first-order valence-electron chi connectivity index (χ1n) is 11.7. The number of carboxylic acid groups (broad SMARTS) is 1. The van der Waals surface area contributed by atoms with Gasteiger partial charge in [-0.2, -0.15) is 0 Å². The van der Waals surface area contributed by atoms with Crippen LogP contribution in [0.3, 0.4) is 0 Å². The number of azide groups is 1. The molecule has 0 spiro atoms. The second-order valence-electron chi connectivity index (χ2n) is 8.59. The molecule has 0 aliphatic carbocycles. The molecule has 1 heterocycles. The van der Waals surface area contributed by atoms with Crippen LogP contribution in [0.2, 0.25) is 10.0 Å². The molecular formula is C27H24Cl2N4O5. The maximum atomic E-state index is 13.0. The lowest BCUT2D eigenvalue weighted by Gasteiger charge is -2.29. The van der Waals surface area contributed by atoms with Crippen molar-refractivity contribution < 1.29 is 24.5 Å². The molecule has 1 aliphatic heterocycles. The highest BCUT2D eigenvalue weighted by Gasteiger charge is 2.54. The highest BCUT2D eigenvalue weighted by molar-refractivity contribution is 6.35. The largest absolute Gasteiger partial charge is 0.494 e. The number of aliphatic carboxylic acids is 1. The number of ether oxygens (including phenoxy) is 2. The van der Waals surface area contributed by atoms with Gasteiger partial charge in [-0.05, 0) is 53.1 Å². The second-order valence-corrected chi connectivity index (χ2v) is 9.44. The Morgan fingerprint density at radius 1 is 1.13 bits per heavy atom. The van der Waals surface area contributed by atoms with Crippen LogP contribution in [0, 0.1) is 0 Å². The summed E-state index contributed by atoms with van der Waals surface area (Å²) >= 11 is 12.6. The van der Waals surface area contributed by atoms with Gasteiger partial charge in [0.25, 0.3) is 0 Å². The standard InChI is InChI=1S/C27H24Cl2N4O5/c28-20-8-11-22(23(29)14-20)24-27(26(35)36,15-18-4-1-2-5-19(18)16-31-33-30)32-25(38-24)17-6-9-21(10-7-17)37-13-3-12-34/h1-2,4-11,14,24,34H,3,12-13,15-16H2,(H,35,36)/t24-,27-/m1/s1. The maximum Gasteiger partial charge on any atom is 0.336 e. The Bertz CT molecular complexity index is 1390. The minimum atomic E-state index is -1.78. The number of aliphatic hydroxyl groups is 1. The molecule has 2 atom stereocenters. The molecule has 4 rings (SSSR count). The number of carboxylic acids is 1. The molecule has 3 aromatic carbocycles. The molecule has 0 radical (unpaired) electrons. The molecule has 9 nitrogen and oxygen atoms in total. The number of benzene rings is 3. The smallest absolute Gasteiger partial charge is 0.336 e. The van der Waals surface area contributed by atoms with E-state index in [-0.39, 0.29) is 30.5 Å². The van der Waals surface area contributed by atoms with Gasteiger partial charge >= 0.3 is 5.97 Å². The highest BCUT2D eigenvalue weighted by atomic mass is 35.5. The van der Waals surface area contributed by atoms with Crippen LogP contribution >= 0.6 is 23.2 Å². The average molecular weight is 555 g/mol. The average Bonchev–Trinajstić information content (AvgIpc) is 3.29. The Morgan fingerprint density at radius 2 is 1.87 bits per heavy atom. The van der Waals surface area contributed by atoms with Crippen molar-refractivity contribution in [3.8, 4) is 5.75 Å². The van der Waals surface area contributed by atoms with Crippen molar-refractivity contribution in [3.63, 3.8) is 0 Å². The minimum Gasteiger partial charge on any atom is -0.494 e. The topological polar surface area (TPSA) is 137 Å². The molecule has 38 heavy (non-hydrogen) atoms. The normalized spacial score (nSPS) is 18.3. The summed E-state index contributed by atoms with van der Waals surface area (Å²) in [6, 6.07) is 18.8. The van der Waals surface area contributed by atoms with Gasteiger partial charge in [0.1, 0.15) is 5.75 Å². The number of halogens is 2. The van der Waals surface area contributed by atoms with Crippen LogP contribution in [0.15, 0.2) is 76.8 Å². The van der Waals surface area contributed by atoms with Crippen molar-refractivity contribution in [1.29, 1.82) is 0 Å². The summed E-state index contributed by atoms with van der Waals surface area (Å²) in [5, 5.41) is 23.9. The zero-order valence-electron chi connectivity index (χ0n) is 20.1. The lowest BCUT2D eigenvalue weighted by molar-refractivity contribution is -0.146. The highest BCUT2D eigenvalue weighted by Crippen LogP contribution is 2.45. The fourth-order valence-electron chi connectivity index (χ4n) is 4.24. The maximum absolute atomic E-state index is 13.0. The number of hydrogen-bond donors (Lipinski definition) is 2. The third kappa shape index (κ3) is 5.87. The van der Waals surface area contributed by atoms with Gasteiger partial charge in [0.05, 0.1) is 13.2 Å². The number of aliphatic imine (C=N–C) groups is 1. The van der Waals surface area contributed by atoms with Crippen molar-refractivity contribution in [2.45, 2.75) is 31.0 Å². The van der Waals surface area contributed by atoms with Gasteiger partial charge in [0, 0.05) is 45.5 Å². The number of hydrogen-bond acceptors (Lipinski definition) is 6. The molecule has 0 saturated heterocycles. The summed E-state index contributed by atoms with van der Waals surface area (Å²) in [7, 11) is 0. The van der Waals surface area contributed by atoms with Crippen molar-refractivity contribution >= 4 is 35.1 Å². The monoisotopic (exact) mass is 554 g/mol. The van der Waals surface area contributed by atoms with E-state index in [0.717, 1.165) is 0 Å². The van der Waals surface area contributed by atoms with Crippen molar-refractivity contribution in [2.24, 2.45) is 10.1 Å². The molecule has 196 valence electrons. The van der Waals surface area contributed by atoms with Gasteiger partial charge < -0.3 is 19.7 Å². The van der Waals surface area contributed by atoms with E-state index >= 15 is 0 Å². The zero-order chi connectivity index (χ0) is 27.1. The first-order chi connectivity index (χ1) is 18.4. The quantitative estimate of drug-likeness (QED) is 0.127. The van der Waals surface area contributed by atoms with Gasteiger partial charge in [-0.25, -0.2) is 9.79 Å². The van der Waals surface area contributed by atoms with E-state index in [9.17, 15) is 9.90 Å². The summed E-state index contributed by atoms with van der Waals surface area (Å²) in [6.45, 7) is 0.451. The van der Waals surface area contributed by atoms with Gasteiger partial charge in [0.2, 0.25) is 11.4 Å². The molecule has 0 amide bonds. The van der Waals surface area contributed by atoms with Gasteiger partial charge in [-0.3, -0.25) is 0 Å². The molecule has 1 aliphatic rings. The summed E-state index contributed by atoms with van der Waals surface area (Å²) in [4.78, 5) is 20.5. The minimum absolute atomic E-state index is 0.0284. The Balaban J connectivity index is 1.79. The van der Waals surface area contributed by atoms with Crippen LogP contribution in [-0.4, -0.2) is 40.8 Å². The molecule has 0 unspecified atom stereocenters. The van der Waals surface area contributed by atoms with Crippen LogP contribution in [0.4, 0.5) is 0 Å².